The van der Waals surface area contributed by atoms with Crippen molar-refractivity contribution in [2.24, 2.45) is 0 Å². The molecule has 0 radical (unpaired) electrons. The number of anilines is 1. The molecule has 1 atom stereocenters. The first-order valence-electron chi connectivity index (χ1n) is 9.55. The molecule has 2 heterocycles. The summed E-state index contributed by atoms with van der Waals surface area (Å²) in [6.07, 6.45) is 5.08. The normalized spacial score (nSPS) is 18.3. The van der Waals surface area contributed by atoms with Gasteiger partial charge in [-0.1, -0.05) is 18.2 Å². The number of hydrogen-bond acceptors (Lipinski definition) is 4. The molecule has 2 N–H and O–H groups in total. The van der Waals surface area contributed by atoms with Gasteiger partial charge in [-0.25, -0.2) is 0 Å². The van der Waals surface area contributed by atoms with Crippen LogP contribution in [0, 0.1) is 6.92 Å². The van der Waals surface area contributed by atoms with E-state index < -0.39 is 0 Å². The number of carbonyl (C=O) groups is 2. The van der Waals surface area contributed by atoms with E-state index in [-0.39, 0.29) is 17.9 Å². The second-order valence-corrected chi connectivity index (χ2v) is 8.28. The third kappa shape index (κ3) is 3.77. The van der Waals surface area contributed by atoms with Crippen LogP contribution in [0.15, 0.2) is 24.3 Å². The smallest absolute Gasteiger partial charge is 0.256 e. The molecule has 2 amide bonds. The van der Waals surface area contributed by atoms with Crippen molar-refractivity contribution in [2.75, 3.05) is 18.5 Å². The fourth-order valence-electron chi connectivity index (χ4n) is 3.83. The molecule has 1 saturated heterocycles. The zero-order valence-corrected chi connectivity index (χ0v) is 16.3. The Morgan fingerprint density at radius 2 is 2.04 bits per heavy atom. The highest BCUT2D eigenvalue weighted by Crippen LogP contribution is 2.39. The molecule has 6 heteroatoms. The maximum absolute atomic E-state index is 12.9. The number of rotatable bonds is 5. The predicted octanol–water partition coefficient (Wildman–Crippen LogP) is 3.71. The first-order chi connectivity index (χ1) is 13.1. The summed E-state index contributed by atoms with van der Waals surface area (Å²) < 4.78 is 5.60. The zero-order chi connectivity index (χ0) is 18.8. The van der Waals surface area contributed by atoms with E-state index in [1.807, 2.05) is 31.2 Å². The van der Waals surface area contributed by atoms with Crippen LogP contribution in [-0.2, 0) is 17.6 Å². The number of carbonyl (C=O) groups excluding carboxylic acids is 2. The summed E-state index contributed by atoms with van der Waals surface area (Å²) in [4.78, 5) is 26.9. The van der Waals surface area contributed by atoms with Gasteiger partial charge in [-0.15, -0.1) is 11.3 Å². The van der Waals surface area contributed by atoms with Crippen molar-refractivity contribution in [3.63, 3.8) is 0 Å². The van der Waals surface area contributed by atoms with E-state index in [1.54, 1.807) is 0 Å². The summed E-state index contributed by atoms with van der Waals surface area (Å²) in [5.74, 6) is -0.272. The van der Waals surface area contributed by atoms with Gasteiger partial charge in [0.2, 0.25) is 0 Å². The Kier molecular flexibility index (Phi) is 5.27. The highest BCUT2D eigenvalue weighted by atomic mass is 32.1. The topological polar surface area (TPSA) is 67.4 Å². The second kappa shape index (κ2) is 7.82. The van der Waals surface area contributed by atoms with Gasteiger partial charge in [0.15, 0.2) is 0 Å². The van der Waals surface area contributed by atoms with Crippen LogP contribution in [0.2, 0.25) is 0 Å². The Morgan fingerprint density at radius 3 is 2.81 bits per heavy atom. The van der Waals surface area contributed by atoms with Crippen molar-refractivity contribution >= 4 is 28.2 Å². The van der Waals surface area contributed by atoms with Crippen LogP contribution in [0.3, 0.4) is 0 Å². The Bertz CT molecular complexity index is 868. The Hall–Kier alpha value is -2.18. The van der Waals surface area contributed by atoms with Gasteiger partial charge in [0.05, 0.1) is 11.7 Å². The van der Waals surface area contributed by atoms with E-state index in [0.717, 1.165) is 49.8 Å². The molecule has 142 valence electrons. The molecule has 5 nitrogen and oxygen atoms in total. The molecule has 1 aliphatic carbocycles. The third-order valence-corrected chi connectivity index (χ3v) is 6.49. The molecule has 0 saturated carbocycles. The molecule has 27 heavy (non-hydrogen) atoms. The number of aryl methyl sites for hydroxylation is 2. The van der Waals surface area contributed by atoms with Crippen LogP contribution in [0.5, 0.6) is 0 Å². The van der Waals surface area contributed by atoms with Gasteiger partial charge in [-0.3, -0.25) is 9.59 Å². The van der Waals surface area contributed by atoms with E-state index in [0.29, 0.717) is 22.7 Å². The van der Waals surface area contributed by atoms with Crippen molar-refractivity contribution in [3.8, 4) is 0 Å². The number of amides is 2. The summed E-state index contributed by atoms with van der Waals surface area (Å²) >= 11 is 1.54. The van der Waals surface area contributed by atoms with E-state index in [2.05, 4.69) is 10.6 Å². The lowest BCUT2D eigenvalue weighted by Crippen LogP contribution is -2.32. The largest absolute Gasteiger partial charge is 0.376 e. The maximum Gasteiger partial charge on any atom is 0.256 e. The Labute approximate surface area is 163 Å². The van der Waals surface area contributed by atoms with Crippen LogP contribution in [0.4, 0.5) is 5.00 Å². The average Bonchev–Trinajstić information content (AvgIpc) is 3.37. The first-order valence-corrected chi connectivity index (χ1v) is 10.4. The summed E-state index contributed by atoms with van der Waals surface area (Å²) in [6, 6.07) is 7.49. The van der Waals surface area contributed by atoms with Crippen LogP contribution in [0.25, 0.3) is 0 Å². The van der Waals surface area contributed by atoms with E-state index >= 15 is 0 Å². The molecular weight excluding hydrogens is 360 g/mol. The van der Waals surface area contributed by atoms with Crippen molar-refractivity contribution in [1.82, 2.24) is 5.32 Å². The lowest BCUT2D eigenvalue weighted by Gasteiger charge is -2.13. The molecule has 1 aromatic heterocycles. The van der Waals surface area contributed by atoms with Gasteiger partial charge < -0.3 is 15.4 Å². The molecule has 0 unspecified atom stereocenters. The number of hydrogen-bond donors (Lipinski definition) is 2. The van der Waals surface area contributed by atoms with Gasteiger partial charge in [-0.2, -0.15) is 0 Å². The molecule has 2 aromatic rings. The maximum atomic E-state index is 12.9. The van der Waals surface area contributed by atoms with Gasteiger partial charge in [-0.05, 0) is 56.2 Å². The van der Waals surface area contributed by atoms with Crippen LogP contribution < -0.4 is 10.6 Å². The second-order valence-electron chi connectivity index (χ2n) is 7.18. The minimum atomic E-state index is -0.166. The van der Waals surface area contributed by atoms with Gasteiger partial charge in [0.1, 0.15) is 5.00 Å². The van der Waals surface area contributed by atoms with Crippen molar-refractivity contribution in [3.05, 3.63) is 51.4 Å². The van der Waals surface area contributed by atoms with Crippen molar-refractivity contribution in [2.45, 2.75) is 45.1 Å². The summed E-state index contributed by atoms with van der Waals surface area (Å²) in [5.41, 5.74) is 3.30. The highest BCUT2D eigenvalue weighted by Gasteiger charge is 2.28. The number of nitrogens with one attached hydrogen (secondary N) is 2. The summed E-state index contributed by atoms with van der Waals surface area (Å²) in [5, 5.41) is 6.67. The molecule has 1 fully saturated rings. The van der Waals surface area contributed by atoms with E-state index in [1.165, 1.54) is 16.2 Å². The van der Waals surface area contributed by atoms with Crippen molar-refractivity contribution in [1.29, 1.82) is 0 Å². The van der Waals surface area contributed by atoms with Gasteiger partial charge in [0, 0.05) is 23.6 Å². The number of ether oxygens (including phenoxy) is 1. The molecule has 4 rings (SSSR count). The van der Waals surface area contributed by atoms with Crippen LogP contribution in [0.1, 0.15) is 56.0 Å². The zero-order valence-electron chi connectivity index (χ0n) is 15.5. The fourth-order valence-corrected chi connectivity index (χ4v) is 5.11. The molecule has 2 aliphatic rings. The summed E-state index contributed by atoms with van der Waals surface area (Å²) in [7, 11) is 0. The average molecular weight is 385 g/mol. The molecule has 0 spiro atoms. The third-order valence-electron chi connectivity index (χ3n) is 5.28. The lowest BCUT2D eigenvalue weighted by atomic mass is 10.1. The quantitative estimate of drug-likeness (QED) is 0.826. The summed E-state index contributed by atoms with van der Waals surface area (Å²) in [6.45, 7) is 3.21. The number of benzene rings is 1. The van der Waals surface area contributed by atoms with Crippen LogP contribution >= 0.6 is 11.3 Å². The fraction of sp³-hybridized carbons (Fsp3) is 0.429. The monoisotopic (exact) mass is 384 g/mol. The number of thiophene rings is 1. The van der Waals surface area contributed by atoms with Gasteiger partial charge >= 0.3 is 0 Å². The first kappa shape index (κ1) is 18.2. The molecule has 1 aliphatic heterocycles. The molecule has 0 bridgehead atoms. The van der Waals surface area contributed by atoms with E-state index in [4.69, 9.17) is 4.74 Å². The SMILES string of the molecule is Cc1ccccc1C(=O)Nc1sc2c(c1C(=O)NC[C@@H]1CCCO1)CCC2. The van der Waals surface area contributed by atoms with Crippen molar-refractivity contribution < 1.29 is 14.3 Å². The van der Waals surface area contributed by atoms with Gasteiger partial charge in [0.25, 0.3) is 11.8 Å². The molecular formula is C21H24N2O3S. The minimum Gasteiger partial charge on any atom is -0.376 e. The highest BCUT2D eigenvalue weighted by molar-refractivity contribution is 7.17. The van der Waals surface area contributed by atoms with E-state index in [9.17, 15) is 9.59 Å². The lowest BCUT2D eigenvalue weighted by molar-refractivity contribution is 0.0858. The standard InChI is InChI=1S/C21H24N2O3S/c1-13-6-2-3-8-15(13)19(24)23-21-18(16-9-4-10-17(16)27-21)20(25)22-12-14-7-5-11-26-14/h2-3,6,8,14H,4-5,7,9-12H2,1H3,(H,22,25)(H,23,24)/t14-/m0/s1. The van der Waals surface area contributed by atoms with Crippen LogP contribution in [-0.4, -0.2) is 31.1 Å². The molecule has 1 aromatic carbocycles. The Balaban J connectivity index is 1.55. The predicted molar refractivity (Wildman–Crippen MR) is 107 cm³/mol. The Morgan fingerprint density at radius 1 is 1.19 bits per heavy atom. The minimum absolute atomic E-state index is 0.102. The number of fused-ring (bicyclic) bond motifs is 1.